The fourth-order valence-corrected chi connectivity index (χ4v) is 6.15. The van der Waals surface area contributed by atoms with E-state index in [0.717, 1.165) is 19.4 Å². The first-order valence-electron chi connectivity index (χ1n) is 12.6. The molecular weight excluding hydrogens is 404 g/mol. The molecule has 0 aromatic heterocycles. The number of ether oxygens (including phenoxy) is 1. The zero-order valence-electron chi connectivity index (χ0n) is 22.3. The molecule has 0 aromatic carbocycles. The van der Waals surface area contributed by atoms with Gasteiger partial charge in [-0.15, -0.1) is 0 Å². The molecule has 0 saturated carbocycles. The van der Waals surface area contributed by atoms with E-state index in [1.807, 2.05) is 0 Å². The van der Waals surface area contributed by atoms with Crippen molar-refractivity contribution in [2.24, 2.45) is 0 Å². The zero-order valence-corrected chi connectivity index (χ0v) is 24.3. The van der Waals surface area contributed by atoms with Crippen LogP contribution in [0.5, 0.6) is 0 Å². The fraction of sp³-hybridized carbons (Fsp3) is 1.00. The highest BCUT2D eigenvalue weighted by molar-refractivity contribution is 6.74. The van der Waals surface area contributed by atoms with Gasteiger partial charge in [0.05, 0.1) is 18.8 Å². The Morgan fingerprint density at radius 2 is 1.27 bits per heavy atom. The molecule has 0 spiro atoms. The summed E-state index contributed by atoms with van der Waals surface area (Å²) in [4.78, 5) is 0. The third kappa shape index (κ3) is 9.85. The molecule has 0 bridgehead atoms. The molecule has 1 heterocycles. The Balaban J connectivity index is 2.88. The molecule has 0 amide bonds. The number of epoxide rings is 1. The lowest BCUT2D eigenvalue weighted by Crippen LogP contribution is -2.47. The van der Waals surface area contributed by atoms with Crippen molar-refractivity contribution in [3.05, 3.63) is 0 Å². The molecule has 0 unspecified atom stereocenters. The first-order chi connectivity index (χ1) is 13.6. The van der Waals surface area contributed by atoms with E-state index in [-0.39, 0.29) is 16.2 Å². The fourth-order valence-electron chi connectivity index (χ4n) is 3.37. The lowest BCUT2D eigenvalue weighted by Gasteiger charge is -2.42. The average molecular weight is 459 g/mol. The highest BCUT2D eigenvalue weighted by atomic mass is 28.4. The molecule has 0 aliphatic carbocycles. The Hall–Kier alpha value is 0.314. The summed E-state index contributed by atoms with van der Waals surface area (Å²) in [6.07, 6.45) is 10.8. The summed E-state index contributed by atoms with van der Waals surface area (Å²) >= 11 is 0. The maximum Gasteiger partial charge on any atom is 0.192 e. The van der Waals surface area contributed by atoms with Crippen molar-refractivity contribution in [2.45, 2.75) is 154 Å². The molecule has 3 nitrogen and oxygen atoms in total. The summed E-state index contributed by atoms with van der Waals surface area (Å²) in [7, 11) is -3.62. The number of rotatable bonds is 14. The van der Waals surface area contributed by atoms with Gasteiger partial charge in [0.2, 0.25) is 0 Å². The van der Waals surface area contributed by atoms with Gasteiger partial charge >= 0.3 is 0 Å². The lowest BCUT2D eigenvalue weighted by atomic mass is 10.0. The second kappa shape index (κ2) is 11.4. The second-order valence-electron chi connectivity index (χ2n) is 12.6. The topological polar surface area (TPSA) is 31.0 Å². The van der Waals surface area contributed by atoms with Gasteiger partial charge in [0.25, 0.3) is 0 Å². The third-order valence-electron chi connectivity index (χ3n) is 7.62. The molecule has 30 heavy (non-hydrogen) atoms. The average Bonchev–Trinajstić information content (AvgIpc) is 3.35. The van der Waals surface area contributed by atoms with Crippen molar-refractivity contribution in [3.63, 3.8) is 0 Å². The first kappa shape index (κ1) is 28.3. The molecule has 5 heteroatoms. The standard InChI is InChI=1S/C25H54O3Si2/c1-12-13-14-15-16-17-21(27-29(8,9)24(2,3)4)18-22(19-23-20-26-23)28-30(10,11)25(5,6)7/h21-23H,12-20H2,1-11H3/t21-,22-,23-/m1/s1. The maximum atomic E-state index is 6.98. The molecule has 1 fully saturated rings. The molecule has 1 rings (SSSR count). The minimum atomic E-state index is -1.82. The van der Waals surface area contributed by atoms with Gasteiger partial charge in [-0.2, -0.15) is 0 Å². The van der Waals surface area contributed by atoms with Crippen molar-refractivity contribution < 1.29 is 13.6 Å². The summed E-state index contributed by atoms with van der Waals surface area (Å²) in [5.74, 6) is 0. The smallest absolute Gasteiger partial charge is 0.192 e. The summed E-state index contributed by atoms with van der Waals surface area (Å²) < 4.78 is 19.5. The van der Waals surface area contributed by atoms with Crippen LogP contribution in [0.3, 0.4) is 0 Å². The largest absolute Gasteiger partial charge is 0.414 e. The molecule has 3 atom stereocenters. The van der Waals surface area contributed by atoms with E-state index >= 15 is 0 Å². The van der Waals surface area contributed by atoms with Crippen molar-refractivity contribution in [2.75, 3.05) is 6.61 Å². The Kier molecular flexibility index (Phi) is 10.8. The van der Waals surface area contributed by atoms with Gasteiger partial charge in [0, 0.05) is 12.5 Å². The number of hydrogen-bond donors (Lipinski definition) is 0. The highest BCUT2D eigenvalue weighted by Gasteiger charge is 2.43. The van der Waals surface area contributed by atoms with Crippen LogP contribution in [0.4, 0.5) is 0 Å². The van der Waals surface area contributed by atoms with Crippen molar-refractivity contribution in [1.82, 2.24) is 0 Å². The molecule has 0 aromatic rings. The number of unbranched alkanes of at least 4 members (excludes halogenated alkanes) is 4. The van der Waals surface area contributed by atoms with Gasteiger partial charge in [0.15, 0.2) is 16.6 Å². The van der Waals surface area contributed by atoms with E-state index < -0.39 is 16.6 Å². The van der Waals surface area contributed by atoms with Crippen LogP contribution in [0.1, 0.15) is 99.8 Å². The molecule has 1 aliphatic heterocycles. The predicted octanol–water partition coefficient (Wildman–Crippen LogP) is 8.31. The summed E-state index contributed by atoms with van der Waals surface area (Å²) in [5.41, 5.74) is 0. The van der Waals surface area contributed by atoms with Crippen LogP contribution in [-0.2, 0) is 13.6 Å². The molecule has 1 saturated heterocycles. The van der Waals surface area contributed by atoms with Gasteiger partial charge < -0.3 is 13.6 Å². The quantitative estimate of drug-likeness (QED) is 0.149. The molecule has 0 radical (unpaired) electrons. The Morgan fingerprint density at radius 3 is 1.70 bits per heavy atom. The number of hydrogen-bond acceptors (Lipinski definition) is 3. The van der Waals surface area contributed by atoms with Crippen LogP contribution in [0.2, 0.25) is 36.3 Å². The molecule has 180 valence electrons. The van der Waals surface area contributed by atoms with Gasteiger partial charge in [-0.3, -0.25) is 0 Å². The summed E-state index contributed by atoms with van der Waals surface area (Å²) in [6.45, 7) is 26.8. The van der Waals surface area contributed by atoms with Gasteiger partial charge in [0.1, 0.15) is 0 Å². The minimum absolute atomic E-state index is 0.228. The lowest BCUT2D eigenvalue weighted by molar-refractivity contribution is 0.0763. The van der Waals surface area contributed by atoms with Crippen LogP contribution >= 0.6 is 0 Å². The zero-order chi connectivity index (χ0) is 23.2. The molecular formula is C25H54O3Si2. The molecule has 1 aliphatic rings. The highest BCUT2D eigenvalue weighted by Crippen LogP contribution is 2.41. The van der Waals surface area contributed by atoms with Crippen LogP contribution in [0.25, 0.3) is 0 Å². The van der Waals surface area contributed by atoms with E-state index in [1.54, 1.807) is 0 Å². The van der Waals surface area contributed by atoms with Crippen molar-refractivity contribution >= 4 is 16.6 Å². The first-order valence-corrected chi connectivity index (χ1v) is 18.4. The minimum Gasteiger partial charge on any atom is -0.414 e. The van der Waals surface area contributed by atoms with Crippen molar-refractivity contribution in [1.29, 1.82) is 0 Å². The van der Waals surface area contributed by atoms with Crippen LogP contribution < -0.4 is 0 Å². The third-order valence-corrected chi connectivity index (χ3v) is 16.7. The van der Waals surface area contributed by atoms with Gasteiger partial charge in [-0.1, -0.05) is 80.6 Å². The van der Waals surface area contributed by atoms with Gasteiger partial charge in [-0.25, -0.2) is 0 Å². The van der Waals surface area contributed by atoms with Crippen LogP contribution in [0, 0.1) is 0 Å². The summed E-state index contributed by atoms with van der Waals surface area (Å²) in [6, 6.07) is 0. The second-order valence-corrected chi connectivity index (χ2v) is 22.1. The van der Waals surface area contributed by atoms with E-state index in [4.69, 9.17) is 13.6 Å². The van der Waals surface area contributed by atoms with Crippen LogP contribution in [0.15, 0.2) is 0 Å². The van der Waals surface area contributed by atoms with E-state index in [2.05, 4.69) is 74.7 Å². The Morgan fingerprint density at radius 1 is 0.800 bits per heavy atom. The molecule has 0 N–H and O–H groups in total. The van der Waals surface area contributed by atoms with E-state index in [1.165, 1.54) is 38.5 Å². The predicted molar refractivity (Wildman–Crippen MR) is 136 cm³/mol. The normalized spacial score (nSPS) is 20.3. The van der Waals surface area contributed by atoms with E-state index in [0.29, 0.717) is 12.2 Å². The summed E-state index contributed by atoms with van der Waals surface area (Å²) in [5, 5.41) is 0.467. The van der Waals surface area contributed by atoms with Crippen LogP contribution in [-0.4, -0.2) is 41.6 Å². The van der Waals surface area contributed by atoms with Gasteiger partial charge in [-0.05, 0) is 49.1 Å². The Bertz CT molecular complexity index is 488. The Labute approximate surface area is 191 Å². The van der Waals surface area contributed by atoms with Crippen molar-refractivity contribution in [3.8, 4) is 0 Å². The monoisotopic (exact) mass is 458 g/mol. The SMILES string of the molecule is CCCCCCC[C@H](C[C@H](C[C@@H]1CO1)O[Si](C)(C)C(C)(C)C)O[Si](C)(C)C(C)(C)C. The maximum absolute atomic E-state index is 6.98. The van der Waals surface area contributed by atoms with E-state index in [9.17, 15) is 0 Å².